The van der Waals surface area contributed by atoms with Crippen molar-refractivity contribution >= 4 is 5.91 Å². The number of benzene rings is 1. The lowest BCUT2D eigenvalue weighted by Crippen LogP contribution is -2.16. The largest absolute Gasteiger partial charge is 0.364 e. The van der Waals surface area contributed by atoms with E-state index < -0.39 is 0 Å². The second-order valence-electron chi connectivity index (χ2n) is 4.07. The Balaban J connectivity index is 2.70. The van der Waals surface area contributed by atoms with Gasteiger partial charge in [0.05, 0.1) is 0 Å². The average Bonchev–Trinajstić information content (AvgIpc) is 2.67. The van der Waals surface area contributed by atoms with Crippen molar-refractivity contribution in [3.05, 3.63) is 47.8 Å². The molecule has 0 bridgehead atoms. The van der Waals surface area contributed by atoms with Crippen molar-refractivity contribution in [2.24, 2.45) is 12.8 Å². The van der Waals surface area contributed by atoms with Crippen LogP contribution >= 0.6 is 0 Å². The van der Waals surface area contributed by atoms with Gasteiger partial charge in [-0.25, -0.2) is 0 Å². The summed E-state index contributed by atoms with van der Waals surface area (Å²) in [6.07, 6.45) is 2.85. The summed E-state index contributed by atoms with van der Waals surface area (Å²) in [7, 11) is 1.85. The Labute approximate surface area is 101 Å². The predicted molar refractivity (Wildman–Crippen MR) is 68.7 cm³/mol. The van der Waals surface area contributed by atoms with Gasteiger partial charge in [0.25, 0.3) is 5.91 Å². The number of rotatable bonds is 3. The van der Waals surface area contributed by atoms with Gasteiger partial charge in [0.1, 0.15) is 5.69 Å². The third kappa shape index (κ3) is 1.96. The molecule has 1 aromatic carbocycles. The Kier molecular flexibility index (Phi) is 3.00. The van der Waals surface area contributed by atoms with Gasteiger partial charge in [0.2, 0.25) is 0 Å². The van der Waals surface area contributed by atoms with Gasteiger partial charge in [0, 0.05) is 18.8 Å². The van der Waals surface area contributed by atoms with E-state index in [0.29, 0.717) is 5.69 Å². The molecule has 0 aliphatic heterocycles. The molecule has 88 valence electrons. The fourth-order valence-electron chi connectivity index (χ4n) is 2.18. The van der Waals surface area contributed by atoms with E-state index >= 15 is 0 Å². The summed E-state index contributed by atoms with van der Waals surface area (Å²) < 4.78 is 1.81. The Morgan fingerprint density at radius 1 is 1.29 bits per heavy atom. The van der Waals surface area contributed by atoms with E-state index in [1.807, 2.05) is 48.1 Å². The quantitative estimate of drug-likeness (QED) is 0.861. The SMILES string of the molecule is CCc1cn(C)c(C(N)=O)c1-c1ccccc1. The molecule has 1 amide bonds. The molecule has 17 heavy (non-hydrogen) atoms. The number of amides is 1. The molecule has 0 unspecified atom stereocenters. The van der Waals surface area contributed by atoms with Crippen LogP contribution in [0.4, 0.5) is 0 Å². The minimum atomic E-state index is -0.383. The normalized spacial score (nSPS) is 10.5. The van der Waals surface area contributed by atoms with Crippen molar-refractivity contribution in [2.45, 2.75) is 13.3 Å². The third-order valence-electron chi connectivity index (χ3n) is 2.94. The maximum atomic E-state index is 11.5. The molecule has 3 heteroatoms. The topological polar surface area (TPSA) is 48.0 Å². The van der Waals surface area contributed by atoms with Crippen molar-refractivity contribution in [1.82, 2.24) is 4.57 Å². The number of carbonyl (C=O) groups excluding carboxylic acids is 1. The fraction of sp³-hybridized carbons (Fsp3) is 0.214. The third-order valence-corrected chi connectivity index (χ3v) is 2.94. The van der Waals surface area contributed by atoms with Crippen LogP contribution < -0.4 is 5.73 Å². The molecule has 0 saturated heterocycles. The summed E-state index contributed by atoms with van der Waals surface area (Å²) in [6.45, 7) is 2.08. The summed E-state index contributed by atoms with van der Waals surface area (Å²) in [5.41, 5.74) is 9.19. The number of aryl methyl sites for hydroxylation is 2. The molecule has 0 fully saturated rings. The Hall–Kier alpha value is -2.03. The van der Waals surface area contributed by atoms with Crippen LogP contribution in [0.5, 0.6) is 0 Å². The lowest BCUT2D eigenvalue weighted by Gasteiger charge is -2.05. The van der Waals surface area contributed by atoms with Crippen LogP contribution in [-0.4, -0.2) is 10.5 Å². The second-order valence-corrected chi connectivity index (χ2v) is 4.07. The zero-order valence-corrected chi connectivity index (χ0v) is 10.1. The lowest BCUT2D eigenvalue weighted by atomic mass is 10.00. The average molecular weight is 228 g/mol. The van der Waals surface area contributed by atoms with Gasteiger partial charge in [-0.15, -0.1) is 0 Å². The number of hydrogen-bond donors (Lipinski definition) is 1. The first-order valence-corrected chi connectivity index (χ1v) is 5.68. The molecule has 2 aromatic rings. The van der Waals surface area contributed by atoms with E-state index in [2.05, 4.69) is 6.92 Å². The van der Waals surface area contributed by atoms with Crippen molar-refractivity contribution < 1.29 is 4.79 Å². The minimum Gasteiger partial charge on any atom is -0.364 e. The van der Waals surface area contributed by atoms with Gasteiger partial charge in [-0.2, -0.15) is 0 Å². The number of nitrogens with two attached hydrogens (primary N) is 1. The molecule has 0 atom stereocenters. The van der Waals surface area contributed by atoms with Crippen molar-refractivity contribution in [3.8, 4) is 11.1 Å². The fourth-order valence-corrected chi connectivity index (χ4v) is 2.18. The highest BCUT2D eigenvalue weighted by atomic mass is 16.1. The van der Waals surface area contributed by atoms with E-state index in [1.165, 1.54) is 0 Å². The van der Waals surface area contributed by atoms with Crippen molar-refractivity contribution in [3.63, 3.8) is 0 Å². The van der Waals surface area contributed by atoms with Gasteiger partial charge >= 0.3 is 0 Å². The second kappa shape index (κ2) is 4.45. The smallest absolute Gasteiger partial charge is 0.265 e. The van der Waals surface area contributed by atoms with E-state index in [1.54, 1.807) is 0 Å². The van der Waals surface area contributed by atoms with E-state index in [4.69, 9.17) is 5.73 Å². The maximum absolute atomic E-state index is 11.5. The summed E-state index contributed by atoms with van der Waals surface area (Å²) in [5.74, 6) is -0.383. The zero-order valence-electron chi connectivity index (χ0n) is 10.1. The predicted octanol–water partition coefficient (Wildman–Crippen LogP) is 2.35. The first-order valence-electron chi connectivity index (χ1n) is 5.68. The van der Waals surface area contributed by atoms with E-state index in [0.717, 1.165) is 23.1 Å². The number of aromatic nitrogens is 1. The number of hydrogen-bond acceptors (Lipinski definition) is 1. The molecule has 0 aliphatic rings. The van der Waals surface area contributed by atoms with Crippen LogP contribution in [-0.2, 0) is 13.5 Å². The molecule has 0 radical (unpaired) electrons. The molecule has 1 heterocycles. The first kappa shape index (κ1) is 11.5. The monoisotopic (exact) mass is 228 g/mol. The Morgan fingerprint density at radius 3 is 2.47 bits per heavy atom. The van der Waals surface area contributed by atoms with Crippen LogP contribution in [0.1, 0.15) is 23.0 Å². The van der Waals surface area contributed by atoms with Gasteiger partial charge in [-0.3, -0.25) is 4.79 Å². The van der Waals surface area contributed by atoms with Crippen molar-refractivity contribution in [1.29, 1.82) is 0 Å². The van der Waals surface area contributed by atoms with Crippen molar-refractivity contribution in [2.75, 3.05) is 0 Å². The highest BCUT2D eigenvalue weighted by Gasteiger charge is 2.18. The van der Waals surface area contributed by atoms with Gasteiger partial charge in [-0.1, -0.05) is 37.3 Å². The Bertz CT molecular complexity index is 541. The van der Waals surface area contributed by atoms with Gasteiger partial charge in [-0.05, 0) is 17.5 Å². The standard InChI is InChI=1S/C14H16N2O/c1-3-10-9-16(2)13(14(15)17)12(10)11-7-5-4-6-8-11/h4-9H,3H2,1-2H3,(H2,15,17). The molecule has 3 nitrogen and oxygen atoms in total. The number of carbonyl (C=O) groups is 1. The first-order chi connectivity index (χ1) is 8.15. The lowest BCUT2D eigenvalue weighted by molar-refractivity contribution is 0.0993. The van der Waals surface area contributed by atoms with E-state index in [9.17, 15) is 4.79 Å². The maximum Gasteiger partial charge on any atom is 0.265 e. The highest BCUT2D eigenvalue weighted by molar-refractivity contribution is 5.99. The summed E-state index contributed by atoms with van der Waals surface area (Å²) in [4.78, 5) is 11.5. The highest BCUT2D eigenvalue weighted by Crippen LogP contribution is 2.29. The Morgan fingerprint density at radius 2 is 1.94 bits per heavy atom. The molecule has 0 aliphatic carbocycles. The van der Waals surface area contributed by atoms with Crippen LogP contribution in [0, 0.1) is 0 Å². The van der Waals surface area contributed by atoms with Crippen LogP contribution in [0.3, 0.4) is 0 Å². The molecular formula is C14H16N2O. The van der Waals surface area contributed by atoms with Crippen LogP contribution in [0.2, 0.25) is 0 Å². The number of primary amides is 1. The van der Waals surface area contributed by atoms with Gasteiger partial charge in [0.15, 0.2) is 0 Å². The van der Waals surface area contributed by atoms with E-state index in [-0.39, 0.29) is 5.91 Å². The summed E-state index contributed by atoms with van der Waals surface area (Å²) >= 11 is 0. The molecule has 0 saturated carbocycles. The minimum absolute atomic E-state index is 0.383. The molecule has 1 aromatic heterocycles. The van der Waals surface area contributed by atoms with Crippen LogP contribution in [0.15, 0.2) is 36.5 Å². The molecule has 2 rings (SSSR count). The molecule has 2 N–H and O–H groups in total. The summed E-state index contributed by atoms with van der Waals surface area (Å²) in [5, 5.41) is 0. The molecular weight excluding hydrogens is 212 g/mol. The van der Waals surface area contributed by atoms with Crippen LogP contribution in [0.25, 0.3) is 11.1 Å². The van der Waals surface area contributed by atoms with Gasteiger partial charge < -0.3 is 10.3 Å². The molecule has 0 spiro atoms. The number of nitrogens with zero attached hydrogens (tertiary/aromatic N) is 1. The zero-order chi connectivity index (χ0) is 12.4. The summed E-state index contributed by atoms with van der Waals surface area (Å²) in [6, 6.07) is 9.89.